The van der Waals surface area contributed by atoms with Crippen molar-refractivity contribution in [3.8, 4) is 0 Å². The largest absolute Gasteiger partial charge is 0.480 e. The standard InChI is InChI=1S/C15H19BrFN3O3/c1-2-20(8-14(21)22)11-6-10(7-11)18-15(23)19-13-5-9(17)3-4-12(13)16/h3-5,10-11H,2,6-8H2,1H3,(H,21,22)(H2,18,19,23). The minimum atomic E-state index is -0.850. The van der Waals surface area contributed by atoms with Gasteiger partial charge >= 0.3 is 12.0 Å². The van der Waals surface area contributed by atoms with Crippen LogP contribution < -0.4 is 10.6 Å². The number of carboxylic acid groups (broad SMARTS) is 1. The molecule has 2 rings (SSSR count). The number of benzene rings is 1. The third kappa shape index (κ3) is 4.90. The van der Waals surface area contributed by atoms with Crippen LogP contribution in [-0.2, 0) is 4.79 Å². The van der Waals surface area contributed by atoms with E-state index < -0.39 is 17.8 Å². The third-order valence-corrected chi connectivity index (χ3v) is 4.58. The van der Waals surface area contributed by atoms with Gasteiger partial charge in [-0.05, 0) is 53.5 Å². The summed E-state index contributed by atoms with van der Waals surface area (Å²) in [5, 5.41) is 14.3. The Bertz CT molecular complexity index is 593. The van der Waals surface area contributed by atoms with Gasteiger partial charge in [-0.3, -0.25) is 9.69 Å². The van der Waals surface area contributed by atoms with Crippen LogP contribution in [0.1, 0.15) is 19.8 Å². The number of anilines is 1. The van der Waals surface area contributed by atoms with E-state index in [4.69, 9.17) is 5.11 Å². The van der Waals surface area contributed by atoms with Crippen LogP contribution in [0.4, 0.5) is 14.9 Å². The average molecular weight is 388 g/mol. The monoisotopic (exact) mass is 387 g/mol. The van der Waals surface area contributed by atoms with Gasteiger partial charge in [0, 0.05) is 16.6 Å². The molecule has 8 heteroatoms. The zero-order valence-corrected chi connectivity index (χ0v) is 14.3. The van der Waals surface area contributed by atoms with E-state index in [-0.39, 0.29) is 18.6 Å². The Balaban J connectivity index is 1.80. The van der Waals surface area contributed by atoms with E-state index in [0.29, 0.717) is 29.5 Å². The first-order valence-electron chi connectivity index (χ1n) is 7.37. The average Bonchev–Trinajstić information content (AvgIpc) is 2.44. The van der Waals surface area contributed by atoms with E-state index in [1.165, 1.54) is 18.2 Å². The van der Waals surface area contributed by atoms with Crippen molar-refractivity contribution in [2.45, 2.75) is 31.8 Å². The molecule has 6 nitrogen and oxygen atoms in total. The molecule has 1 aliphatic carbocycles. The molecular formula is C15H19BrFN3O3. The minimum absolute atomic E-state index is 0.00446. The molecule has 0 aliphatic heterocycles. The Kier molecular flexibility index (Phi) is 5.95. The molecule has 126 valence electrons. The first-order chi connectivity index (χ1) is 10.9. The van der Waals surface area contributed by atoms with Crippen molar-refractivity contribution in [3.63, 3.8) is 0 Å². The van der Waals surface area contributed by atoms with Gasteiger partial charge < -0.3 is 15.7 Å². The van der Waals surface area contributed by atoms with Crippen molar-refractivity contribution < 1.29 is 19.1 Å². The van der Waals surface area contributed by atoms with Crippen LogP contribution in [0.15, 0.2) is 22.7 Å². The summed E-state index contributed by atoms with van der Waals surface area (Å²) in [6, 6.07) is 3.82. The molecule has 23 heavy (non-hydrogen) atoms. The lowest BCUT2D eigenvalue weighted by atomic mass is 9.85. The fourth-order valence-corrected chi connectivity index (χ4v) is 2.96. The molecule has 0 saturated heterocycles. The van der Waals surface area contributed by atoms with Crippen molar-refractivity contribution in [2.24, 2.45) is 0 Å². The molecule has 0 unspecified atom stereocenters. The second-order valence-corrected chi connectivity index (χ2v) is 6.36. The van der Waals surface area contributed by atoms with Gasteiger partial charge in [0.15, 0.2) is 0 Å². The second-order valence-electron chi connectivity index (χ2n) is 5.50. The van der Waals surface area contributed by atoms with Gasteiger partial charge in [-0.15, -0.1) is 0 Å². The summed E-state index contributed by atoms with van der Waals surface area (Å²) < 4.78 is 13.8. The SMILES string of the molecule is CCN(CC(=O)O)C1CC(NC(=O)Nc2cc(F)ccc2Br)C1. The Hall–Kier alpha value is -1.67. The first-order valence-corrected chi connectivity index (χ1v) is 8.16. The fraction of sp³-hybridized carbons (Fsp3) is 0.467. The maximum absolute atomic E-state index is 13.2. The van der Waals surface area contributed by atoms with Gasteiger partial charge in [0.2, 0.25) is 0 Å². The highest BCUT2D eigenvalue weighted by molar-refractivity contribution is 9.10. The van der Waals surface area contributed by atoms with E-state index in [0.717, 1.165) is 0 Å². The van der Waals surface area contributed by atoms with Crippen LogP contribution >= 0.6 is 15.9 Å². The maximum atomic E-state index is 13.2. The molecule has 0 radical (unpaired) electrons. The van der Waals surface area contributed by atoms with Crippen molar-refractivity contribution in [1.82, 2.24) is 10.2 Å². The molecule has 2 amide bonds. The van der Waals surface area contributed by atoms with Crippen LogP contribution in [0.5, 0.6) is 0 Å². The lowest BCUT2D eigenvalue weighted by Gasteiger charge is -2.42. The minimum Gasteiger partial charge on any atom is -0.480 e. The summed E-state index contributed by atoms with van der Waals surface area (Å²) in [4.78, 5) is 24.6. The molecule has 0 spiro atoms. The molecule has 0 aromatic heterocycles. The number of amides is 2. The zero-order valence-electron chi connectivity index (χ0n) is 12.7. The molecule has 0 atom stereocenters. The molecular weight excluding hydrogens is 369 g/mol. The summed E-state index contributed by atoms with van der Waals surface area (Å²) in [5.41, 5.74) is 0.361. The number of carboxylic acids is 1. The predicted molar refractivity (Wildman–Crippen MR) is 87.9 cm³/mol. The summed E-state index contributed by atoms with van der Waals surface area (Å²) in [7, 11) is 0. The van der Waals surface area contributed by atoms with Crippen LogP contribution in [0.2, 0.25) is 0 Å². The number of urea groups is 1. The lowest BCUT2D eigenvalue weighted by molar-refractivity contribution is -0.139. The van der Waals surface area contributed by atoms with Gasteiger partial charge in [0.25, 0.3) is 0 Å². The van der Waals surface area contributed by atoms with Crippen molar-refractivity contribution in [2.75, 3.05) is 18.4 Å². The van der Waals surface area contributed by atoms with E-state index in [9.17, 15) is 14.0 Å². The maximum Gasteiger partial charge on any atom is 0.319 e. The van der Waals surface area contributed by atoms with E-state index in [1.807, 2.05) is 11.8 Å². The third-order valence-electron chi connectivity index (χ3n) is 3.89. The number of carbonyl (C=O) groups excluding carboxylic acids is 1. The van der Waals surface area contributed by atoms with E-state index in [2.05, 4.69) is 26.6 Å². The lowest BCUT2D eigenvalue weighted by Crippen LogP contribution is -2.55. The van der Waals surface area contributed by atoms with Crippen molar-refractivity contribution in [1.29, 1.82) is 0 Å². The fourth-order valence-electron chi connectivity index (χ4n) is 2.61. The van der Waals surface area contributed by atoms with Crippen LogP contribution in [0.25, 0.3) is 0 Å². The highest BCUT2D eigenvalue weighted by Crippen LogP contribution is 2.26. The van der Waals surface area contributed by atoms with Crippen LogP contribution in [0, 0.1) is 5.82 Å². The smallest absolute Gasteiger partial charge is 0.319 e. The number of nitrogens with zero attached hydrogens (tertiary/aromatic N) is 1. The molecule has 3 N–H and O–H groups in total. The van der Waals surface area contributed by atoms with Gasteiger partial charge in [-0.25, -0.2) is 9.18 Å². The van der Waals surface area contributed by atoms with Gasteiger partial charge in [0.1, 0.15) is 5.82 Å². The number of carbonyl (C=O) groups is 2. The summed E-state index contributed by atoms with van der Waals surface area (Å²) in [5.74, 6) is -1.28. The van der Waals surface area contributed by atoms with Gasteiger partial charge in [-0.2, -0.15) is 0 Å². The van der Waals surface area contributed by atoms with Crippen molar-refractivity contribution in [3.05, 3.63) is 28.5 Å². The topological polar surface area (TPSA) is 81.7 Å². The number of hydrogen-bond donors (Lipinski definition) is 3. The number of likely N-dealkylation sites (N-methyl/N-ethyl adjacent to an activating group) is 1. The number of nitrogens with one attached hydrogen (secondary N) is 2. The van der Waals surface area contributed by atoms with Crippen LogP contribution in [0.3, 0.4) is 0 Å². The van der Waals surface area contributed by atoms with E-state index in [1.54, 1.807) is 0 Å². The molecule has 1 saturated carbocycles. The molecule has 0 bridgehead atoms. The summed E-state index contributed by atoms with van der Waals surface area (Å²) in [6.07, 6.45) is 1.41. The quantitative estimate of drug-likeness (QED) is 0.700. The highest BCUT2D eigenvalue weighted by atomic mass is 79.9. The Labute approximate surface area is 142 Å². The zero-order chi connectivity index (χ0) is 17.0. The summed E-state index contributed by atoms with van der Waals surface area (Å²) >= 11 is 3.25. The Morgan fingerprint density at radius 3 is 2.74 bits per heavy atom. The molecule has 0 heterocycles. The van der Waals surface area contributed by atoms with Gasteiger partial charge in [0.05, 0.1) is 12.2 Å². The highest BCUT2D eigenvalue weighted by Gasteiger charge is 2.34. The molecule has 1 aromatic rings. The normalized spacial score (nSPS) is 20.0. The molecule has 1 fully saturated rings. The first kappa shape index (κ1) is 17.7. The van der Waals surface area contributed by atoms with Crippen LogP contribution in [-0.4, -0.2) is 47.2 Å². The Morgan fingerprint density at radius 1 is 1.43 bits per heavy atom. The number of hydrogen-bond acceptors (Lipinski definition) is 3. The van der Waals surface area contributed by atoms with Gasteiger partial charge in [-0.1, -0.05) is 6.92 Å². The number of aliphatic carboxylic acids is 1. The van der Waals surface area contributed by atoms with Crippen molar-refractivity contribution >= 4 is 33.6 Å². The molecule has 1 aliphatic rings. The Morgan fingerprint density at radius 2 is 2.13 bits per heavy atom. The van der Waals surface area contributed by atoms with E-state index >= 15 is 0 Å². The number of halogens is 2. The predicted octanol–water partition coefficient (Wildman–Crippen LogP) is 2.65. The summed E-state index contributed by atoms with van der Waals surface area (Å²) in [6.45, 7) is 2.58. The second kappa shape index (κ2) is 7.74. The number of rotatable bonds is 6. The molecule has 1 aromatic carbocycles.